The Morgan fingerprint density at radius 2 is 1.24 bits per heavy atom. The number of halogens is 10. The number of carbonyl (C=O) groups is 3. The third-order valence-corrected chi connectivity index (χ3v) is 6.83. The van der Waals surface area contributed by atoms with Crippen LogP contribution in [0.5, 0.6) is 0 Å². The Morgan fingerprint density at radius 3 is 1.64 bits per heavy atom. The minimum atomic E-state index is -6.38. The van der Waals surface area contributed by atoms with Crippen molar-refractivity contribution in [1.82, 2.24) is 0 Å². The summed E-state index contributed by atoms with van der Waals surface area (Å²) in [7, 11) is 0. The van der Waals surface area contributed by atoms with Crippen molar-refractivity contribution in [3.05, 3.63) is 56.2 Å². The van der Waals surface area contributed by atoms with Crippen LogP contribution >= 0.6 is 31.9 Å². The number of nitrogens with one attached hydrogen (secondary N) is 2. The number of hydrogen-bond acceptors (Lipinski definition) is 6. The normalized spacial score (nSPS) is 13.0. The molecule has 2 aromatic rings. The van der Waals surface area contributed by atoms with Gasteiger partial charge in [0.1, 0.15) is 11.2 Å². The molecule has 0 aliphatic heterocycles. The second kappa shape index (κ2) is 13.4. The lowest BCUT2D eigenvalue weighted by atomic mass is 9.94. The fraction of sp³-hybridized carbons (Fsp3) is 0.464. The third kappa shape index (κ3) is 9.30. The fourth-order valence-corrected chi connectivity index (χ4v) is 5.01. The Morgan fingerprint density at radius 1 is 0.800 bits per heavy atom. The number of carbonyl (C=O) groups excluding carboxylic acids is 3. The standard InChI is InChI=1S/C28H28Br2F8N2O5/c1-24(2,3)44-22(42)15(23(43)45-25(4,5)6)12-39-18-9-7-8-14(19(18)31)21(41)40-20-16(29)10-13(11-17(20)30)26(32,27(33,34)35)28(36,37)38/h7-11,15,39H,12H2,1-6H3,(H,40,41). The summed E-state index contributed by atoms with van der Waals surface area (Å²) in [4.78, 5) is 38.5. The smallest absolute Gasteiger partial charge is 0.435 e. The molecule has 0 aromatic heterocycles. The topological polar surface area (TPSA) is 93.7 Å². The summed E-state index contributed by atoms with van der Waals surface area (Å²) in [6, 6.07) is 3.76. The number of rotatable bonds is 8. The maximum Gasteiger partial charge on any atom is 0.435 e. The first kappa shape index (κ1) is 38.2. The molecule has 7 nitrogen and oxygen atoms in total. The van der Waals surface area contributed by atoms with Crippen LogP contribution in [0.3, 0.4) is 0 Å². The first-order valence-electron chi connectivity index (χ1n) is 12.8. The summed E-state index contributed by atoms with van der Waals surface area (Å²) in [5.41, 5.74) is -11.0. The van der Waals surface area contributed by atoms with Crippen molar-refractivity contribution >= 4 is 61.1 Å². The number of benzene rings is 2. The van der Waals surface area contributed by atoms with E-state index in [9.17, 15) is 45.1 Å². The Hall–Kier alpha value is -2.95. The first-order chi connectivity index (χ1) is 20.2. The van der Waals surface area contributed by atoms with E-state index in [2.05, 4.69) is 42.5 Å². The molecule has 0 spiro atoms. The molecule has 2 rings (SSSR count). The van der Waals surface area contributed by atoms with Crippen molar-refractivity contribution < 1.29 is 59.0 Å². The number of anilines is 2. The Balaban J connectivity index is 2.39. The van der Waals surface area contributed by atoms with E-state index in [1.54, 1.807) is 41.5 Å². The monoisotopic (exact) mass is 782 g/mol. The van der Waals surface area contributed by atoms with Crippen LogP contribution in [0, 0.1) is 11.7 Å². The van der Waals surface area contributed by atoms with E-state index in [-0.39, 0.29) is 17.8 Å². The summed E-state index contributed by atoms with van der Waals surface area (Å²) < 4.78 is 119. The van der Waals surface area contributed by atoms with Crippen LogP contribution in [0.2, 0.25) is 0 Å². The summed E-state index contributed by atoms with van der Waals surface area (Å²) in [6.07, 6.45) is -12.8. The van der Waals surface area contributed by atoms with Crippen LogP contribution in [0.4, 0.5) is 46.5 Å². The van der Waals surface area contributed by atoms with E-state index in [1.165, 1.54) is 12.1 Å². The Kier molecular flexibility index (Phi) is 11.4. The number of ether oxygens (including phenoxy) is 2. The minimum absolute atomic E-state index is 0.184. The first-order valence-corrected chi connectivity index (χ1v) is 14.4. The van der Waals surface area contributed by atoms with Crippen molar-refractivity contribution in [2.75, 3.05) is 17.2 Å². The van der Waals surface area contributed by atoms with Gasteiger partial charge in [-0.25, -0.2) is 8.78 Å². The molecule has 0 bridgehead atoms. The molecule has 1 amide bonds. The highest BCUT2D eigenvalue weighted by atomic mass is 79.9. The zero-order valence-corrected chi connectivity index (χ0v) is 27.7. The number of hydrogen-bond donors (Lipinski definition) is 2. The second-order valence-corrected chi connectivity index (χ2v) is 13.3. The van der Waals surface area contributed by atoms with Gasteiger partial charge in [-0.2, -0.15) is 26.3 Å². The molecule has 0 aliphatic rings. The minimum Gasteiger partial charge on any atom is -0.459 e. The van der Waals surface area contributed by atoms with Gasteiger partial charge >= 0.3 is 30.0 Å². The Labute approximate surface area is 269 Å². The predicted octanol–water partition coefficient (Wildman–Crippen LogP) is 8.60. The van der Waals surface area contributed by atoms with Crippen molar-refractivity contribution in [2.24, 2.45) is 5.92 Å². The van der Waals surface area contributed by atoms with Gasteiger partial charge in [-0.15, -0.1) is 0 Å². The Bertz CT molecular complexity index is 1390. The van der Waals surface area contributed by atoms with Crippen molar-refractivity contribution in [3.8, 4) is 0 Å². The molecular weight excluding hydrogens is 756 g/mol. The quantitative estimate of drug-likeness (QED) is 0.158. The van der Waals surface area contributed by atoms with E-state index in [0.29, 0.717) is 0 Å². The number of amides is 1. The molecule has 2 aromatic carbocycles. The van der Waals surface area contributed by atoms with Crippen LogP contribution < -0.4 is 10.6 Å². The van der Waals surface area contributed by atoms with Gasteiger partial charge in [0.2, 0.25) is 0 Å². The maximum absolute atomic E-state index is 15.4. The van der Waals surface area contributed by atoms with Gasteiger partial charge in [-0.3, -0.25) is 14.4 Å². The van der Waals surface area contributed by atoms with Gasteiger partial charge in [0.25, 0.3) is 5.91 Å². The highest BCUT2D eigenvalue weighted by Crippen LogP contribution is 2.54. The summed E-state index contributed by atoms with van der Waals surface area (Å²) >= 11 is 5.45. The maximum atomic E-state index is 15.4. The molecule has 0 atom stereocenters. The van der Waals surface area contributed by atoms with E-state index >= 15 is 4.39 Å². The summed E-state index contributed by atoms with van der Waals surface area (Å²) in [5, 5.41) is 4.69. The molecule has 0 unspecified atom stereocenters. The average Bonchev–Trinajstić information content (AvgIpc) is 2.82. The van der Waals surface area contributed by atoms with E-state index < -0.39 is 91.1 Å². The van der Waals surface area contributed by atoms with Gasteiger partial charge in [-0.05, 0) is 97.7 Å². The molecule has 17 heteroatoms. The molecule has 0 heterocycles. The largest absolute Gasteiger partial charge is 0.459 e. The van der Waals surface area contributed by atoms with Crippen LogP contribution in [0.1, 0.15) is 57.5 Å². The van der Waals surface area contributed by atoms with Gasteiger partial charge < -0.3 is 20.1 Å². The summed E-state index contributed by atoms with van der Waals surface area (Å²) in [6.45, 7) is 8.88. The average molecular weight is 784 g/mol. The van der Waals surface area contributed by atoms with Crippen molar-refractivity contribution in [1.29, 1.82) is 0 Å². The van der Waals surface area contributed by atoms with Gasteiger partial charge in [-0.1, -0.05) is 6.07 Å². The van der Waals surface area contributed by atoms with Crippen LogP contribution in [0.15, 0.2) is 39.3 Å². The molecule has 250 valence electrons. The number of esters is 2. The van der Waals surface area contributed by atoms with Crippen LogP contribution in [-0.4, -0.2) is 47.9 Å². The van der Waals surface area contributed by atoms with Gasteiger partial charge in [0, 0.05) is 21.1 Å². The zero-order chi connectivity index (χ0) is 34.9. The third-order valence-electron chi connectivity index (χ3n) is 5.58. The highest BCUT2D eigenvalue weighted by Gasteiger charge is 2.73. The lowest BCUT2D eigenvalue weighted by molar-refractivity contribution is -0.348. The SMILES string of the molecule is CC(C)(C)OC(=O)C(CNc1cccc(C(=O)Nc2c(Br)cc(C(F)(C(F)(F)F)C(F)(F)F)cc2Br)c1F)C(=O)OC(C)(C)C. The van der Waals surface area contributed by atoms with E-state index in [4.69, 9.17) is 9.47 Å². The van der Waals surface area contributed by atoms with Crippen molar-refractivity contribution in [2.45, 2.75) is 70.8 Å². The predicted molar refractivity (Wildman–Crippen MR) is 155 cm³/mol. The second-order valence-electron chi connectivity index (χ2n) is 11.6. The van der Waals surface area contributed by atoms with Crippen molar-refractivity contribution in [3.63, 3.8) is 0 Å². The fourth-order valence-electron chi connectivity index (χ4n) is 3.62. The lowest BCUT2D eigenvalue weighted by Crippen LogP contribution is -2.50. The van der Waals surface area contributed by atoms with Gasteiger partial charge in [0.05, 0.1) is 16.9 Å². The molecule has 2 N–H and O–H groups in total. The van der Waals surface area contributed by atoms with E-state index in [0.717, 1.165) is 6.07 Å². The van der Waals surface area contributed by atoms with Gasteiger partial charge in [0.15, 0.2) is 11.7 Å². The van der Waals surface area contributed by atoms with E-state index in [1.807, 2.05) is 0 Å². The highest BCUT2D eigenvalue weighted by molar-refractivity contribution is 9.11. The zero-order valence-electron chi connectivity index (χ0n) is 24.5. The molecular formula is C28H28Br2F8N2O5. The number of alkyl halides is 7. The molecule has 45 heavy (non-hydrogen) atoms. The molecule has 0 radical (unpaired) electrons. The summed E-state index contributed by atoms with van der Waals surface area (Å²) in [5.74, 6) is -5.89. The molecule has 0 saturated carbocycles. The van der Waals surface area contributed by atoms with Crippen LogP contribution in [-0.2, 0) is 24.7 Å². The lowest BCUT2D eigenvalue weighted by Gasteiger charge is -2.31. The molecule has 0 saturated heterocycles. The van der Waals surface area contributed by atoms with Crippen LogP contribution in [0.25, 0.3) is 0 Å². The molecule has 0 fully saturated rings. The molecule has 0 aliphatic carbocycles.